The van der Waals surface area contributed by atoms with Crippen LogP contribution in [0, 0.1) is 5.41 Å². The molecule has 6 heteroatoms. The molecular formula is C17H25N3O3. The molecule has 0 aromatic carbocycles. The second-order valence-electron chi connectivity index (χ2n) is 6.87. The van der Waals surface area contributed by atoms with Gasteiger partial charge in [0.15, 0.2) is 0 Å². The zero-order valence-corrected chi connectivity index (χ0v) is 14.0. The summed E-state index contributed by atoms with van der Waals surface area (Å²) < 4.78 is 5.16. The molecule has 2 saturated heterocycles. The Hall–Kier alpha value is -1.82. The van der Waals surface area contributed by atoms with Crippen LogP contribution in [0.5, 0.6) is 0 Å². The van der Waals surface area contributed by atoms with Crippen molar-refractivity contribution in [1.29, 1.82) is 0 Å². The van der Waals surface area contributed by atoms with Crippen LogP contribution in [0.1, 0.15) is 25.8 Å². The lowest BCUT2D eigenvalue weighted by molar-refractivity contribution is -0.130. The molecule has 2 fully saturated rings. The van der Waals surface area contributed by atoms with E-state index in [1.807, 2.05) is 22.8 Å². The summed E-state index contributed by atoms with van der Waals surface area (Å²) in [6.07, 6.45) is 3.98. The Balaban J connectivity index is 1.80. The lowest BCUT2D eigenvalue weighted by Gasteiger charge is -2.33. The summed E-state index contributed by atoms with van der Waals surface area (Å²) in [5.74, 6) is 0.304. The van der Waals surface area contributed by atoms with Gasteiger partial charge in [-0.3, -0.25) is 14.5 Å². The van der Waals surface area contributed by atoms with Crippen LogP contribution in [-0.4, -0.2) is 65.8 Å². The number of furan rings is 1. The Kier molecular flexibility index (Phi) is 4.43. The minimum atomic E-state index is -0.154. The first-order chi connectivity index (χ1) is 11.0. The maximum absolute atomic E-state index is 12.3. The van der Waals surface area contributed by atoms with E-state index in [0.29, 0.717) is 13.0 Å². The van der Waals surface area contributed by atoms with Crippen LogP contribution < -0.4 is 0 Å². The van der Waals surface area contributed by atoms with Gasteiger partial charge in [0.25, 0.3) is 0 Å². The van der Waals surface area contributed by atoms with Crippen molar-refractivity contribution in [2.75, 3.05) is 39.3 Å². The number of amides is 2. The van der Waals surface area contributed by atoms with Crippen molar-refractivity contribution < 1.29 is 14.0 Å². The predicted octanol–water partition coefficient (Wildman–Crippen LogP) is 1.18. The van der Waals surface area contributed by atoms with Gasteiger partial charge in [-0.2, -0.15) is 0 Å². The van der Waals surface area contributed by atoms with Gasteiger partial charge in [0.1, 0.15) is 0 Å². The molecule has 2 amide bonds. The van der Waals surface area contributed by atoms with Crippen LogP contribution in [-0.2, 0) is 16.1 Å². The van der Waals surface area contributed by atoms with Crippen molar-refractivity contribution in [1.82, 2.24) is 14.7 Å². The number of hydrogen-bond donors (Lipinski definition) is 0. The first kappa shape index (κ1) is 16.1. The van der Waals surface area contributed by atoms with Gasteiger partial charge in [0, 0.05) is 70.1 Å². The smallest absolute Gasteiger partial charge is 0.223 e. The normalized spacial score (nSPS) is 26.1. The Morgan fingerprint density at radius 3 is 2.74 bits per heavy atom. The van der Waals surface area contributed by atoms with Gasteiger partial charge >= 0.3 is 0 Å². The van der Waals surface area contributed by atoms with Gasteiger partial charge in [-0.05, 0) is 13.0 Å². The fourth-order valence-electron chi connectivity index (χ4n) is 3.88. The van der Waals surface area contributed by atoms with Crippen LogP contribution >= 0.6 is 0 Å². The van der Waals surface area contributed by atoms with E-state index in [2.05, 4.69) is 4.90 Å². The predicted molar refractivity (Wildman–Crippen MR) is 85.5 cm³/mol. The van der Waals surface area contributed by atoms with E-state index in [1.54, 1.807) is 19.5 Å². The quantitative estimate of drug-likeness (QED) is 0.839. The standard InChI is InChI=1S/C17H25N3O3/c1-3-19-12-17(8-16(19)22)11-18(9-15-4-7-23-10-15)5-6-20(13-17)14(2)21/h4,7,10H,3,5-6,8-9,11-13H2,1-2H3/t17-/m1/s1. The molecule has 6 nitrogen and oxygen atoms in total. The molecule has 0 bridgehead atoms. The molecule has 1 aromatic heterocycles. The molecule has 0 radical (unpaired) electrons. The van der Waals surface area contributed by atoms with Crippen LogP contribution in [0.4, 0.5) is 0 Å². The van der Waals surface area contributed by atoms with Crippen LogP contribution in [0.2, 0.25) is 0 Å². The third kappa shape index (κ3) is 3.42. The fourth-order valence-corrected chi connectivity index (χ4v) is 3.88. The van der Waals surface area contributed by atoms with Crippen LogP contribution in [0.15, 0.2) is 23.0 Å². The fraction of sp³-hybridized carbons (Fsp3) is 0.647. The number of carbonyl (C=O) groups is 2. The second-order valence-corrected chi connectivity index (χ2v) is 6.87. The van der Waals surface area contributed by atoms with E-state index in [-0.39, 0.29) is 17.2 Å². The first-order valence-corrected chi connectivity index (χ1v) is 8.28. The molecule has 2 aliphatic rings. The molecule has 0 unspecified atom stereocenters. The van der Waals surface area contributed by atoms with Crippen molar-refractivity contribution in [3.05, 3.63) is 24.2 Å². The lowest BCUT2D eigenvalue weighted by atomic mass is 9.86. The van der Waals surface area contributed by atoms with E-state index in [1.165, 1.54) is 0 Å². The molecule has 23 heavy (non-hydrogen) atoms. The van der Waals surface area contributed by atoms with E-state index < -0.39 is 0 Å². The van der Waals surface area contributed by atoms with Crippen molar-refractivity contribution >= 4 is 11.8 Å². The van der Waals surface area contributed by atoms with E-state index in [9.17, 15) is 9.59 Å². The zero-order chi connectivity index (χ0) is 16.4. The van der Waals surface area contributed by atoms with Gasteiger partial charge < -0.3 is 14.2 Å². The van der Waals surface area contributed by atoms with E-state index in [4.69, 9.17) is 4.42 Å². The number of likely N-dealkylation sites (tertiary alicyclic amines) is 1. The summed E-state index contributed by atoms with van der Waals surface area (Å²) in [4.78, 5) is 30.4. The average molecular weight is 319 g/mol. The Bertz CT molecular complexity index is 572. The highest BCUT2D eigenvalue weighted by Gasteiger charge is 2.46. The maximum Gasteiger partial charge on any atom is 0.223 e. The van der Waals surface area contributed by atoms with Crippen LogP contribution in [0.25, 0.3) is 0 Å². The van der Waals surface area contributed by atoms with Gasteiger partial charge in [0.2, 0.25) is 11.8 Å². The molecular weight excluding hydrogens is 294 g/mol. The second kappa shape index (κ2) is 6.35. The highest BCUT2D eigenvalue weighted by atomic mass is 16.3. The van der Waals surface area contributed by atoms with Gasteiger partial charge in [-0.25, -0.2) is 0 Å². The highest BCUT2D eigenvalue weighted by Crippen LogP contribution is 2.35. The number of hydrogen-bond acceptors (Lipinski definition) is 4. The molecule has 1 spiro atoms. The molecule has 1 atom stereocenters. The van der Waals surface area contributed by atoms with Crippen molar-refractivity contribution in [2.24, 2.45) is 5.41 Å². The molecule has 3 rings (SSSR count). The summed E-state index contributed by atoms with van der Waals surface area (Å²) >= 11 is 0. The first-order valence-electron chi connectivity index (χ1n) is 8.28. The summed E-state index contributed by atoms with van der Waals surface area (Å²) in [5, 5.41) is 0. The third-order valence-corrected chi connectivity index (χ3v) is 4.99. The zero-order valence-electron chi connectivity index (χ0n) is 14.0. The van der Waals surface area contributed by atoms with Crippen molar-refractivity contribution in [2.45, 2.75) is 26.8 Å². The number of nitrogens with zero attached hydrogens (tertiary/aromatic N) is 3. The van der Waals surface area contributed by atoms with Crippen molar-refractivity contribution in [3.8, 4) is 0 Å². The largest absolute Gasteiger partial charge is 0.472 e. The topological polar surface area (TPSA) is 57.0 Å². The SMILES string of the molecule is CCN1C[C@@]2(CC1=O)CN(Cc1ccoc1)CCN(C(C)=O)C2. The van der Waals surface area contributed by atoms with Gasteiger partial charge in [0.05, 0.1) is 12.5 Å². The number of carbonyl (C=O) groups excluding carboxylic acids is 2. The van der Waals surface area contributed by atoms with Crippen molar-refractivity contribution in [3.63, 3.8) is 0 Å². The minimum absolute atomic E-state index is 0.0944. The molecule has 0 aliphatic carbocycles. The minimum Gasteiger partial charge on any atom is -0.472 e. The van der Waals surface area contributed by atoms with Gasteiger partial charge in [-0.15, -0.1) is 0 Å². The summed E-state index contributed by atoms with van der Waals surface area (Å²) in [5.41, 5.74) is 0.979. The summed E-state index contributed by atoms with van der Waals surface area (Å²) in [6, 6.07) is 1.97. The molecule has 2 aliphatic heterocycles. The van der Waals surface area contributed by atoms with Crippen LogP contribution in [0.3, 0.4) is 0 Å². The lowest BCUT2D eigenvalue weighted by Crippen LogP contribution is -2.43. The summed E-state index contributed by atoms with van der Waals surface area (Å²) in [6.45, 7) is 8.97. The third-order valence-electron chi connectivity index (χ3n) is 4.99. The van der Waals surface area contributed by atoms with E-state index in [0.717, 1.165) is 44.8 Å². The highest BCUT2D eigenvalue weighted by molar-refractivity contribution is 5.80. The van der Waals surface area contributed by atoms with Gasteiger partial charge in [-0.1, -0.05) is 0 Å². The molecule has 126 valence electrons. The monoisotopic (exact) mass is 319 g/mol. The molecule has 0 saturated carbocycles. The molecule has 3 heterocycles. The Morgan fingerprint density at radius 2 is 2.13 bits per heavy atom. The average Bonchev–Trinajstić information content (AvgIpc) is 3.06. The van der Waals surface area contributed by atoms with E-state index >= 15 is 0 Å². The number of rotatable bonds is 3. The Labute approximate surface area is 137 Å². The molecule has 0 N–H and O–H groups in total. The maximum atomic E-state index is 12.3. The Morgan fingerprint density at radius 1 is 1.30 bits per heavy atom. The molecule has 1 aromatic rings. The summed E-state index contributed by atoms with van der Waals surface area (Å²) in [7, 11) is 0.